The third kappa shape index (κ3) is 1.99. The van der Waals surface area contributed by atoms with E-state index in [4.69, 9.17) is 0 Å². The lowest BCUT2D eigenvalue weighted by Gasteiger charge is -2.02. The van der Waals surface area contributed by atoms with Gasteiger partial charge in [0.1, 0.15) is 0 Å². The fourth-order valence-electron chi connectivity index (χ4n) is 1.30. The van der Waals surface area contributed by atoms with E-state index in [1.165, 1.54) is 6.07 Å². The maximum Gasteiger partial charge on any atom is 0.334 e. The van der Waals surface area contributed by atoms with Crippen molar-refractivity contribution in [2.75, 3.05) is 0 Å². The Kier molecular flexibility index (Phi) is 3.01. The molecule has 0 spiro atoms. The van der Waals surface area contributed by atoms with E-state index in [0.717, 1.165) is 24.1 Å². The Morgan fingerprint density at radius 1 is 1.57 bits per heavy atom. The second-order valence-electron chi connectivity index (χ2n) is 3.15. The summed E-state index contributed by atoms with van der Waals surface area (Å²) in [5.41, 5.74) is 0.535. The first kappa shape index (κ1) is 10.4. The number of aromatic nitrogens is 1. The molecule has 0 aliphatic heterocycles. The number of aryl methyl sites for hydroxylation is 2. The van der Waals surface area contributed by atoms with E-state index in [0.29, 0.717) is 0 Å². The van der Waals surface area contributed by atoms with Crippen LogP contribution in [-0.2, 0) is 6.42 Å². The number of pyridine rings is 1. The first-order chi connectivity index (χ1) is 6.56. The number of hydrogen-bond acceptors (Lipinski definition) is 3. The van der Waals surface area contributed by atoms with Gasteiger partial charge < -0.3 is 4.98 Å². The van der Waals surface area contributed by atoms with Gasteiger partial charge in [0, 0.05) is 11.8 Å². The Bertz CT molecular complexity index is 409. The van der Waals surface area contributed by atoms with Crippen molar-refractivity contribution in [2.45, 2.75) is 26.7 Å². The average molecular weight is 196 g/mol. The number of nitrogens with one attached hydrogen (secondary N) is 1. The van der Waals surface area contributed by atoms with Crippen molar-refractivity contribution in [1.82, 2.24) is 4.98 Å². The van der Waals surface area contributed by atoms with E-state index in [1.807, 2.05) is 6.92 Å². The molecule has 5 nitrogen and oxygen atoms in total. The van der Waals surface area contributed by atoms with Gasteiger partial charge in [0.15, 0.2) is 0 Å². The van der Waals surface area contributed by atoms with Crippen LogP contribution >= 0.6 is 0 Å². The van der Waals surface area contributed by atoms with Crippen molar-refractivity contribution in [2.24, 2.45) is 0 Å². The summed E-state index contributed by atoms with van der Waals surface area (Å²) in [6.07, 6.45) is 1.63. The molecule has 76 valence electrons. The summed E-state index contributed by atoms with van der Waals surface area (Å²) in [6, 6.07) is 1.32. The molecule has 0 saturated heterocycles. The quantitative estimate of drug-likeness (QED) is 0.588. The number of nitro groups is 1. The highest BCUT2D eigenvalue weighted by Gasteiger charge is 2.13. The topological polar surface area (TPSA) is 76.0 Å². The van der Waals surface area contributed by atoms with Gasteiger partial charge >= 0.3 is 11.2 Å². The molecule has 1 aromatic rings. The normalized spacial score (nSPS) is 10.1. The molecule has 1 rings (SSSR count). The van der Waals surface area contributed by atoms with Crippen molar-refractivity contribution in [3.05, 3.63) is 37.8 Å². The molecule has 5 heteroatoms. The standard InChI is InChI=1S/C9H12N2O3/c1-3-4-7-6(2)5-8(11(13)14)9(12)10-7/h5H,3-4H2,1-2H3,(H,10,12). The molecular weight excluding hydrogens is 184 g/mol. The summed E-state index contributed by atoms with van der Waals surface area (Å²) < 4.78 is 0. The van der Waals surface area contributed by atoms with Crippen molar-refractivity contribution < 1.29 is 4.92 Å². The van der Waals surface area contributed by atoms with E-state index < -0.39 is 10.5 Å². The molecular formula is C9H12N2O3. The smallest absolute Gasteiger partial charge is 0.320 e. The van der Waals surface area contributed by atoms with Crippen LogP contribution in [0.5, 0.6) is 0 Å². The lowest BCUT2D eigenvalue weighted by atomic mass is 10.1. The summed E-state index contributed by atoms with van der Waals surface area (Å²) in [4.78, 5) is 23.5. The highest BCUT2D eigenvalue weighted by Crippen LogP contribution is 2.10. The van der Waals surface area contributed by atoms with Crippen LogP contribution in [0, 0.1) is 17.0 Å². The lowest BCUT2D eigenvalue weighted by Crippen LogP contribution is -2.14. The molecule has 1 heterocycles. The van der Waals surface area contributed by atoms with Crippen LogP contribution in [0.1, 0.15) is 24.6 Å². The first-order valence-electron chi connectivity index (χ1n) is 4.43. The summed E-state index contributed by atoms with van der Waals surface area (Å²) in [6.45, 7) is 3.74. The maximum absolute atomic E-state index is 11.2. The molecule has 0 aliphatic carbocycles. The average Bonchev–Trinajstić information content (AvgIpc) is 2.10. The van der Waals surface area contributed by atoms with Gasteiger partial charge in [-0.15, -0.1) is 0 Å². The fourth-order valence-corrected chi connectivity index (χ4v) is 1.30. The summed E-state index contributed by atoms with van der Waals surface area (Å²) in [7, 11) is 0. The third-order valence-electron chi connectivity index (χ3n) is 2.02. The Balaban J connectivity index is 3.24. The summed E-state index contributed by atoms with van der Waals surface area (Å²) in [5.74, 6) is 0. The zero-order valence-electron chi connectivity index (χ0n) is 8.16. The number of hydrogen-bond donors (Lipinski definition) is 1. The van der Waals surface area contributed by atoms with E-state index in [2.05, 4.69) is 4.98 Å². The van der Waals surface area contributed by atoms with Crippen LogP contribution < -0.4 is 5.56 Å². The van der Waals surface area contributed by atoms with Crippen LogP contribution in [0.3, 0.4) is 0 Å². The number of H-pyrrole nitrogens is 1. The molecule has 14 heavy (non-hydrogen) atoms. The summed E-state index contributed by atoms with van der Waals surface area (Å²) >= 11 is 0. The molecule has 0 amide bonds. The van der Waals surface area contributed by atoms with E-state index in [1.54, 1.807) is 6.92 Å². The number of aromatic amines is 1. The Labute approximate surface area is 80.9 Å². The van der Waals surface area contributed by atoms with Crippen molar-refractivity contribution in [1.29, 1.82) is 0 Å². The van der Waals surface area contributed by atoms with Gasteiger partial charge in [-0.3, -0.25) is 14.9 Å². The fraction of sp³-hybridized carbons (Fsp3) is 0.444. The van der Waals surface area contributed by atoms with Gasteiger partial charge in [0.05, 0.1) is 4.92 Å². The predicted molar refractivity (Wildman–Crippen MR) is 52.4 cm³/mol. The van der Waals surface area contributed by atoms with Crippen LogP contribution in [0.25, 0.3) is 0 Å². The lowest BCUT2D eigenvalue weighted by molar-refractivity contribution is -0.386. The number of rotatable bonds is 3. The zero-order valence-corrected chi connectivity index (χ0v) is 8.16. The van der Waals surface area contributed by atoms with Gasteiger partial charge in [-0.1, -0.05) is 13.3 Å². The Morgan fingerprint density at radius 2 is 2.21 bits per heavy atom. The van der Waals surface area contributed by atoms with Gasteiger partial charge in [-0.05, 0) is 18.9 Å². The van der Waals surface area contributed by atoms with Crippen LogP contribution in [0.2, 0.25) is 0 Å². The molecule has 0 bridgehead atoms. The molecule has 0 aromatic carbocycles. The summed E-state index contributed by atoms with van der Waals surface area (Å²) in [5, 5.41) is 10.4. The highest BCUT2D eigenvalue weighted by atomic mass is 16.6. The molecule has 0 fully saturated rings. The van der Waals surface area contributed by atoms with Gasteiger partial charge in [0.2, 0.25) is 0 Å². The third-order valence-corrected chi connectivity index (χ3v) is 2.02. The van der Waals surface area contributed by atoms with E-state index in [9.17, 15) is 14.9 Å². The highest BCUT2D eigenvalue weighted by molar-refractivity contribution is 5.33. The Hall–Kier alpha value is -1.65. The molecule has 1 N–H and O–H groups in total. The minimum absolute atomic E-state index is 0.387. The van der Waals surface area contributed by atoms with Gasteiger partial charge in [-0.2, -0.15) is 0 Å². The van der Waals surface area contributed by atoms with Crippen LogP contribution in [-0.4, -0.2) is 9.91 Å². The minimum atomic E-state index is -0.665. The molecule has 0 radical (unpaired) electrons. The zero-order chi connectivity index (χ0) is 10.7. The van der Waals surface area contributed by atoms with E-state index in [-0.39, 0.29) is 5.69 Å². The minimum Gasteiger partial charge on any atom is -0.320 e. The largest absolute Gasteiger partial charge is 0.334 e. The van der Waals surface area contributed by atoms with Crippen LogP contribution in [0.15, 0.2) is 10.9 Å². The SMILES string of the molecule is CCCc1[nH]c(=O)c([N+](=O)[O-])cc1C. The molecule has 0 atom stereocenters. The van der Waals surface area contributed by atoms with Crippen molar-refractivity contribution in [3.63, 3.8) is 0 Å². The maximum atomic E-state index is 11.2. The molecule has 0 aliphatic rings. The molecule has 0 saturated carbocycles. The molecule has 0 unspecified atom stereocenters. The second-order valence-corrected chi connectivity index (χ2v) is 3.15. The van der Waals surface area contributed by atoms with E-state index >= 15 is 0 Å². The van der Waals surface area contributed by atoms with Crippen molar-refractivity contribution in [3.8, 4) is 0 Å². The van der Waals surface area contributed by atoms with Gasteiger partial charge in [-0.25, -0.2) is 0 Å². The van der Waals surface area contributed by atoms with Crippen molar-refractivity contribution >= 4 is 5.69 Å². The monoisotopic (exact) mass is 196 g/mol. The number of nitrogens with zero attached hydrogens (tertiary/aromatic N) is 1. The Morgan fingerprint density at radius 3 is 2.71 bits per heavy atom. The van der Waals surface area contributed by atoms with Crippen LogP contribution in [0.4, 0.5) is 5.69 Å². The predicted octanol–water partition coefficient (Wildman–Crippen LogP) is 1.54. The first-order valence-corrected chi connectivity index (χ1v) is 4.43. The molecule has 1 aromatic heterocycles. The van der Waals surface area contributed by atoms with Gasteiger partial charge in [0.25, 0.3) is 0 Å². The second kappa shape index (κ2) is 4.04.